The molecule has 2 heterocycles. The molecule has 0 bridgehead atoms. The lowest BCUT2D eigenvalue weighted by atomic mass is 10.1. The highest BCUT2D eigenvalue weighted by Gasteiger charge is 2.14. The normalized spacial score (nSPS) is 11.4. The van der Waals surface area contributed by atoms with E-state index in [0.29, 0.717) is 22.5 Å². The maximum Gasteiger partial charge on any atom is 0.162 e. The standard InChI is InChI=1S/C10H8N2O2/c11-7-5-1-3-13-9(5)8(12)10-6(7)2-4-14-10/h1-4H,11-12H2. The predicted octanol–water partition coefficient (Wildman–Crippen LogP) is 2.34. The molecule has 0 saturated carbocycles. The van der Waals surface area contributed by atoms with Crippen molar-refractivity contribution in [1.29, 1.82) is 0 Å². The molecule has 0 saturated heterocycles. The van der Waals surface area contributed by atoms with Crippen molar-refractivity contribution in [2.24, 2.45) is 0 Å². The third kappa shape index (κ3) is 0.682. The Kier molecular flexibility index (Phi) is 1.16. The highest BCUT2D eigenvalue weighted by molar-refractivity contribution is 6.14. The highest BCUT2D eigenvalue weighted by Crippen LogP contribution is 2.37. The van der Waals surface area contributed by atoms with Crippen molar-refractivity contribution in [3.63, 3.8) is 0 Å². The SMILES string of the molecule is Nc1c2ccoc2c(N)c2occc12. The van der Waals surface area contributed by atoms with Crippen LogP contribution in [-0.4, -0.2) is 0 Å². The topological polar surface area (TPSA) is 78.3 Å². The van der Waals surface area contributed by atoms with Gasteiger partial charge in [-0.2, -0.15) is 0 Å². The maximum absolute atomic E-state index is 5.94. The quantitative estimate of drug-likeness (QED) is 0.419. The fourth-order valence-electron chi connectivity index (χ4n) is 1.71. The van der Waals surface area contributed by atoms with Crippen LogP contribution < -0.4 is 11.5 Å². The van der Waals surface area contributed by atoms with Crippen molar-refractivity contribution in [2.75, 3.05) is 11.5 Å². The van der Waals surface area contributed by atoms with Gasteiger partial charge >= 0.3 is 0 Å². The minimum absolute atomic E-state index is 0.499. The molecule has 3 aromatic rings. The monoisotopic (exact) mass is 188 g/mol. The lowest BCUT2D eigenvalue weighted by Gasteiger charge is -2.00. The fourth-order valence-corrected chi connectivity index (χ4v) is 1.71. The van der Waals surface area contributed by atoms with Gasteiger partial charge in [0.1, 0.15) is 5.69 Å². The molecule has 70 valence electrons. The van der Waals surface area contributed by atoms with Gasteiger partial charge in [0.05, 0.1) is 18.2 Å². The van der Waals surface area contributed by atoms with Gasteiger partial charge in [-0.25, -0.2) is 0 Å². The molecule has 3 rings (SSSR count). The number of nitrogens with two attached hydrogens (primary N) is 2. The van der Waals surface area contributed by atoms with Crippen LogP contribution in [-0.2, 0) is 0 Å². The van der Waals surface area contributed by atoms with Crippen LogP contribution in [0.5, 0.6) is 0 Å². The van der Waals surface area contributed by atoms with E-state index in [9.17, 15) is 0 Å². The minimum Gasteiger partial charge on any atom is -0.462 e. The van der Waals surface area contributed by atoms with E-state index < -0.39 is 0 Å². The molecule has 14 heavy (non-hydrogen) atoms. The molecule has 0 atom stereocenters. The van der Waals surface area contributed by atoms with Crippen molar-refractivity contribution in [1.82, 2.24) is 0 Å². The molecule has 0 aliphatic rings. The van der Waals surface area contributed by atoms with Crippen LogP contribution in [0.1, 0.15) is 0 Å². The van der Waals surface area contributed by atoms with Crippen LogP contribution in [0.15, 0.2) is 33.5 Å². The van der Waals surface area contributed by atoms with E-state index in [1.54, 1.807) is 24.7 Å². The van der Waals surface area contributed by atoms with Crippen LogP contribution >= 0.6 is 0 Å². The average molecular weight is 188 g/mol. The summed E-state index contributed by atoms with van der Waals surface area (Å²) >= 11 is 0. The molecule has 0 radical (unpaired) electrons. The molecule has 0 spiro atoms. The lowest BCUT2D eigenvalue weighted by molar-refractivity contribution is 0.607. The number of hydrogen-bond acceptors (Lipinski definition) is 4. The van der Waals surface area contributed by atoms with E-state index in [1.807, 2.05) is 0 Å². The number of nitrogen functional groups attached to an aromatic ring is 2. The number of furan rings is 2. The zero-order valence-electron chi connectivity index (χ0n) is 7.28. The summed E-state index contributed by atoms with van der Waals surface area (Å²) in [5, 5.41) is 1.66. The Morgan fingerprint density at radius 2 is 1.29 bits per heavy atom. The number of benzene rings is 1. The Morgan fingerprint density at radius 3 is 1.79 bits per heavy atom. The summed E-state index contributed by atoms with van der Waals surface area (Å²) in [4.78, 5) is 0. The first-order chi connectivity index (χ1) is 6.79. The summed E-state index contributed by atoms with van der Waals surface area (Å²) in [6, 6.07) is 3.60. The van der Waals surface area contributed by atoms with E-state index in [4.69, 9.17) is 20.3 Å². The van der Waals surface area contributed by atoms with E-state index in [-0.39, 0.29) is 0 Å². The van der Waals surface area contributed by atoms with Crippen LogP contribution in [0, 0.1) is 0 Å². The van der Waals surface area contributed by atoms with E-state index in [0.717, 1.165) is 10.8 Å². The summed E-state index contributed by atoms with van der Waals surface area (Å²) in [6.45, 7) is 0. The van der Waals surface area contributed by atoms with Crippen molar-refractivity contribution >= 4 is 33.3 Å². The van der Waals surface area contributed by atoms with Gasteiger partial charge in [-0.3, -0.25) is 0 Å². The maximum atomic E-state index is 5.94. The van der Waals surface area contributed by atoms with Crippen LogP contribution in [0.25, 0.3) is 21.9 Å². The van der Waals surface area contributed by atoms with Crippen molar-refractivity contribution in [2.45, 2.75) is 0 Å². The fraction of sp³-hybridized carbons (Fsp3) is 0. The van der Waals surface area contributed by atoms with Crippen LogP contribution in [0.3, 0.4) is 0 Å². The van der Waals surface area contributed by atoms with Crippen molar-refractivity contribution < 1.29 is 8.83 Å². The zero-order valence-corrected chi connectivity index (χ0v) is 7.28. The Morgan fingerprint density at radius 1 is 0.786 bits per heavy atom. The van der Waals surface area contributed by atoms with Crippen LogP contribution in [0.2, 0.25) is 0 Å². The Labute approximate surface area is 79.1 Å². The molecular weight excluding hydrogens is 180 g/mol. The number of rotatable bonds is 0. The lowest BCUT2D eigenvalue weighted by Crippen LogP contribution is -1.91. The summed E-state index contributed by atoms with van der Waals surface area (Å²) < 4.78 is 10.5. The summed E-state index contributed by atoms with van der Waals surface area (Å²) in [5.41, 5.74) is 14.1. The van der Waals surface area contributed by atoms with Crippen molar-refractivity contribution in [3.8, 4) is 0 Å². The number of anilines is 2. The second-order valence-corrected chi connectivity index (χ2v) is 3.15. The second-order valence-electron chi connectivity index (χ2n) is 3.15. The Balaban J connectivity index is 2.72. The molecule has 4 nitrogen and oxygen atoms in total. The molecule has 0 unspecified atom stereocenters. The molecule has 4 N–H and O–H groups in total. The Bertz CT molecular complexity index is 519. The van der Waals surface area contributed by atoms with Crippen LogP contribution in [0.4, 0.5) is 11.4 Å². The van der Waals surface area contributed by atoms with Gasteiger partial charge in [0.15, 0.2) is 11.2 Å². The summed E-state index contributed by atoms with van der Waals surface area (Å²) in [6.07, 6.45) is 3.13. The van der Waals surface area contributed by atoms with E-state index in [1.165, 1.54) is 0 Å². The van der Waals surface area contributed by atoms with Gasteiger partial charge in [0.2, 0.25) is 0 Å². The molecule has 0 amide bonds. The molecule has 2 aromatic heterocycles. The highest BCUT2D eigenvalue weighted by atomic mass is 16.3. The average Bonchev–Trinajstić information content (AvgIpc) is 2.82. The second kappa shape index (κ2) is 2.23. The molecule has 1 aromatic carbocycles. The third-order valence-electron chi connectivity index (χ3n) is 2.40. The van der Waals surface area contributed by atoms with Gasteiger partial charge in [0, 0.05) is 10.8 Å². The van der Waals surface area contributed by atoms with Gasteiger partial charge in [0.25, 0.3) is 0 Å². The molecule has 4 heteroatoms. The minimum atomic E-state index is 0.499. The first-order valence-corrected chi connectivity index (χ1v) is 4.20. The van der Waals surface area contributed by atoms with E-state index >= 15 is 0 Å². The van der Waals surface area contributed by atoms with E-state index in [2.05, 4.69) is 0 Å². The molecule has 0 fully saturated rings. The summed E-state index contributed by atoms with van der Waals surface area (Å²) in [7, 11) is 0. The smallest absolute Gasteiger partial charge is 0.162 e. The predicted molar refractivity (Wildman–Crippen MR) is 54.8 cm³/mol. The summed E-state index contributed by atoms with van der Waals surface area (Å²) in [5.74, 6) is 0. The first kappa shape index (κ1) is 7.32. The van der Waals surface area contributed by atoms with Gasteiger partial charge in [-0.05, 0) is 12.1 Å². The molecule has 0 aliphatic heterocycles. The van der Waals surface area contributed by atoms with Gasteiger partial charge in [-0.1, -0.05) is 0 Å². The number of hydrogen-bond donors (Lipinski definition) is 2. The zero-order chi connectivity index (χ0) is 9.71. The third-order valence-corrected chi connectivity index (χ3v) is 2.40. The molecule has 0 aliphatic carbocycles. The first-order valence-electron chi connectivity index (χ1n) is 4.20. The Hall–Kier alpha value is -2.10. The van der Waals surface area contributed by atoms with Gasteiger partial charge < -0.3 is 20.3 Å². The van der Waals surface area contributed by atoms with Gasteiger partial charge in [-0.15, -0.1) is 0 Å². The molecular formula is C10H8N2O2. The largest absolute Gasteiger partial charge is 0.462 e. The number of fused-ring (bicyclic) bond motifs is 2. The van der Waals surface area contributed by atoms with Crippen molar-refractivity contribution in [3.05, 3.63) is 24.7 Å².